The van der Waals surface area contributed by atoms with Gasteiger partial charge >= 0.3 is 0 Å². The summed E-state index contributed by atoms with van der Waals surface area (Å²) in [6.07, 6.45) is 1.67. The normalized spacial score (nSPS) is 23.6. The minimum Gasteiger partial charge on any atom is -0.299 e. The molecule has 1 aliphatic rings. The van der Waals surface area contributed by atoms with Gasteiger partial charge in [0.05, 0.1) is 6.42 Å². The van der Waals surface area contributed by atoms with E-state index in [1.807, 2.05) is 18.2 Å². The van der Waals surface area contributed by atoms with E-state index in [0.717, 1.165) is 37.0 Å². The van der Waals surface area contributed by atoms with Crippen molar-refractivity contribution < 1.29 is 4.79 Å². The van der Waals surface area contributed by atoms with Crippen LogP contribution in [0.5, 0.6) is 0 Å². The first-order valence-corrected chi connectivity index (χ1v) is 7.37. The molecule has 0 spiro atoms. The Morgan fingerprint density at radius 1 is 1.25 bits per heavy atom. The lowest BCUT2D eigenvalue weighted by molar-refractivity contribution is -0.120. The van der Waals surface area contributed by atoms with Crippen LogP contribution in [0.25, 0.3) is 0 Å². The number of nitrogens with two attached hydrogens (primary N) is 1. The fourth-order valence-electron chi connectivity index (χ4n) is 3.27. The predicted molar refractivity (Wildman–Crippen MR) is 80.7 cm³/mol. The number of hydrogen-bond acceptors (Lipinski definition) is 3. The number of piperidine rings is 1. The minimum atomic E-state index is -0.141. The molecule has 2 unspecified atom stereocenters. The standard InChI is InChI=1S/C16H25N3O/c1-12-7-13(2)10-19(9-12)11-15-6-4-3-5-14(15)8-16(20)18-17/h3-6,12-13H,7-11,17H2,1-2H3,(H,18,20). The van der Waals surface area contributed by atoms with Crippen molar-refractivity contribution in [3.8, 4) is 0 Å². The Hall–Kier alpha value is -1.39. The molecule has 0 radical (unpaired) electrons. The second kappa shape index (κ2) is 6.86. The number of nitrogens with one attached hydrogen (secondary N) is 1. The second-order valence-corrected chi connectivity index (χ2v) is 6.15. The van der Waals surface area contributed by atoms with Gasteiger partial charge in [-0.3, -0.25) is 15.1 Å². The maximum Gasteiger partial charge on any atom is 0.238 e. The van der Waals surface area contributed by atoms with Gasteiger partial charge in [0, 0.05) is 19.6 Å². The first-order valence-electron chi connectivity index (χ1n) is 7.37. The number of amides is 1. The van der Waals surface area contributed by atoms with Crippen LogP contribution >= 0.6 is 0 Å². The molecule has 4 heteroatoms. The van der Waals surface area contributed by atoms with E-state index < -0.39 is 0 Å². The van der Waals surface area contributed by atoms with Gasteiger partial charge in [-0.25, -0.2) is 5.84 Å². The molecule has 1 fully saturated rings. The zero-order valence-electron chi connectivity index (χ0n) is 12.4. The van der Waals surface area contributed by atoms with Gasteiger partial charge in [0.15, 0.2) is 0 Å². The van der Waals surface area contributed by atoms with Crippen molar-refractivity contribution in [3.63, 3.8) is 0 Å². The van der Waals surface area contributed by atoms with E-state index >= 15 is 0 Å². The first-order chi connectivity index (χ1) is 9.58. The van der Waals surface area contributed by atoms with Crippen LogP contribution in [-0.2, 0) is 17.8 Å². The Balaban J connectivity index is 2.06. The van der Waals surface area contributed by atoms with Crippen molar-refractivity contribution in [1.29, 1.82) is 0 Å². The fourth-order valence-corrected chi connectivity index (χ4v) is 3.27. The van der Waals surface area contributed by atoms with E-state index in [4.69, 9.17) is 5.84 Å². The number of carbonyl (C=O) groups is 1. The molecule has 110 valence electrons. The summed E-state index contributed by atoms with van der Waals surface area (Å²) in [6, 6.07) is 8.14. The number of nitrogens with zero attached hydrogens (tertiary/aromatic N) is 1. The number of hydrogen-bond donors (Lipinski definition) is 2. The summed E-state index contributed by atoms with van der Waals surface area (Å²) in [7, 11) is 0. The molecule has 0 saturated carbocycles. The summed E-state index contributed by atoms with van der Waals surface area (Å²) < 4.78 is 0. The SMILES string of the molecule is CC1CC(C)CN(Cc2ccccc2CC(=O)NN)C1. The molecule has 1 saturated heterocycles. The van der Waals surface area contributed by atoms with Gasteiger partial charge in [-0.05, 0) is 29.4 Å². The summed E-state index contributed by atoms with van der Waals surface area (Å²) in [5, 5.41) is 0. The lowest BCUT2D eigenvalue weighted by atomic mass is 9.91. The third-order valence-electron chi connectivity index (χ3n) is 3.97. The van der Waals surface area contributed by atoms with Crippen LogP contribution in [-0.4, -0.2) is 23.9 Å². The van der Waals surface area contributed by atoms with Crippen LogP contribution in [0.4, 0.5) is 0 Å². The zero-order valence-corrected chi connectivity index (χ0v) is 12.4. The third kappa shape index (κ3) is 4.05. The summed E-state index contributed by atoms with van der Waals surface area (Å²) in [5.74, 6) is 6.54. The molecule has 20 heavy (non-hydrogen) atoms. The lowest BCUT2D eigenvalue weighted by Gasteiger charge is -2.35. The average molecular weight is 275 g/mol. The topological polar surface area (TPSA) is 58.4 Å². The molecular weight excluding hydrogens is 250 g/mol. The summed E-state index contributed by atoms with van der Waals surface area (Å²) in [5.41, 5.74) is 4.51. The highest BCUT2D eigenvalue weighted by Gasteiger charge is 2.22. The van der Waals surface area contributed by atoms with E-state index in [-0.39, 0.29) is 5.91 Å². The number of rotatable bonds is 4. The Kier molecular flexibility index (Phi) is 5.15. The highest BCUT2D eigenvalue weighted by Crippen LogP contribution is 2.23. The first kappa shape index (κ1) is 15.0. The number of likely N-dealkylation sites (tertiary alicyclic amines) is 1. The van der Waals surface area contributed by atoms with Gasteiger partial charge < -0.3 is 0 Å². The molecule has 1 amide bonds. The lowest BCUT2D eigenvalue weighted by Crippen LogP contribution is -2.38. The average Bonchev–Trinajstić information content (AvgIpc) is 2.39. The van der Waals surface area contributed by atoms with Crippen molar-refractivity contribution in [2.45, 2.75) is 33.2 Å². The number of carbonyl (C=O) groups excluding carboxylic acids is 1. The smallest absolute Gasteiger partial charge is 0.238 e. The number of benzene rings is 1. The van der Waals surface area contributed by atoms with Crippen LogP contribution in [0.3, 0.4) is 0 Å². The molecule has 1 heterocycles. The number of hydrazine groups is 1. The van der Waals surface area contributed by atoms with E-state index in [1.165, 1.54) is 12.0 Å². The maximum absolute atomic E-state index is 11.5. The van der Waals surface area contributed by atoms with Gasteiger partial charge in [0.25, 0.3) is 0 Å². The third-order valence-corrected chi connectivity index (χ3v) is 3.97. The highest BCUT2D eigenvalue weighted by atomic mass is 16.2. The molecule has 0 aromatic heterocycles. The molecule has 1 aromatic carbocycles. The van der Waals surface area contributed by atoms with E-state index in [1.54, 1.807) is 0 Å². The van der Waals surface area contributed by atoms with Gasteiger partial charge in [0.2, 0.25) is 5.91 Å². The summed E-state index contributed by atoms with van der Waals surface area (Å²) in [4.78, 5) is 14.0. The van der Waals surface area contributed by atoms with Gasteiger partial charge in [-0.2, -0.15) is 0 Å². The van der Waals surface area contributed by atoms with Gasteiger partial charge in [0.1, 0.15) is 0 Å². The molecular formula is C16H25N3O. The molecule has 4 nitrogen and oxygen atoms in total. The Bertz CT molecular complexity index is 451. The van der Waals surface area contributed by atoms with Crippen LogP contribution in [0.2, 0.25) is 0 Å². The van der Waals surface area contributed by atoms with E-state index in [0.29, 0.717) is 6.42 Å². The quantitative estimate of drug-likeness (QED) is 0.499. The zero-order chi connectivity index (χ0) is 14.5. The Labute approximate surface area is 121 Å². The van der Waals surface area contributed by atoms with Crippen LogP contribution in [0, 0.1) is 11.8 Å². The van der Waals surface area contributed by atoms with Crippen LogP contribution in [0.1, 0.15) is 31.4 Å². The molecule has 1 aromatic rings. The van der Waals surface area contributed by atoms with Crippen LogP contribution in [0.15, 0.2) is 24.3 Å². The van der Waals surface area contributed by atoms with Crippen LogP contribution < -0.4 is 11.3 Å². The van der Waals surface area contributed by atoms with Crippen molar-refractivity contribution in [3.05, 3.63) is 35.4 Å². The van der Waals surface area contributed by atoms with Crippen molar-refractivity contribution in [2.24, 2.45) is 17.7 Å². The molecule has 1 aliphatic heterocycles. The molecule has 2 rings (SSSR count). The second-order valence-electron chi connectivity index (χ2n) is 6.15. The van der Waals surface area contributed by atoms with Crippen molar-refractivity contribution in [1.82, 2.24) is 10.3 Å². The van der Waals surface area contributed by atoms with E-state index in [9.17, 15) is 4.79 Å². The minimum absolute atomic E-state index is 0.141. The molecule has 3 N–H and O–H groups in total. The largest absolute Gasteiger partial charge is 0.299 e. The monoisotopic (exact) mass is 275 g/mol. The van der Waals surface area contributed by atoms with E-state index in [2.05, 4.69) is 30.2 Å². The fraction of sp³-hybridized carbons (Fsp3) is 0.562. The maximum atomic E-state index is 11.5. The summed E-state index contributed by atoms with van der Waals surface area (Å²) >= 11 is 0. The van der Waals surface area contributed by atoms with Gasteiger partial charge in [-0.15, -0.1) is 0 Å². The Morgan fingerprint density at radius 2 is 1.85 bits per heavy atom. The summed E-state index contributed by atoms with van der Waals surface area (Å²) in [6.45, 7) is 7.83. The van der Waals surface area contributed by atoms with Crippen molar-refractivity contribution in [2.75, 3.05) is 13.1 Å². The highest BCUT2D eigenvalue weighted by molar-refractivity contribution is 5.78. The molecule has 0 aliphatic carbocycles. The Morgan fingerprint density at radius 3 is 2.45 bits per heavy atom. The molecule has 2 atom stereocenters. The van der Waals surface area contributed by atoms with Gasteiger partial charge in [-0.1, -0.05) is 38.1 Å². The predicted octanol–water partition coefficient (Wildman–Crippen LogP) is 1.70. The van der Waals surface area contributed by atoms with Crippen molar-refractivity contribution >= 4 is 5.91 Å². The molecule has 0 bridgehead atoms.